The summed E-state index contributed by atoms with van der Waals surface area (Å²) in [6.07, 6.45) is 14.5. The molecule has 242 valence electrons. The summed E-state index contributed by atoms with van der Waals surface area (Å²) >= 11 is 0. The van der Waals surface area contributed by atoms with Gasteiger partial charge in [0, 0.05) is 6.42 Å². The van der Waals surface area contributed by atoms with Crippen LogP contribution < -0.4 is 16.0 Å². The Balaban J connectivity index is 0.000000330. The van der Waals surface area contributed by atoms with Gasteiger partial charge in [-0.2, -0.15) is 0 Å². The molecule has 0 aromatic heterocycles. The van der Waals surface area contributed by atoms with Crippen LogP contribution in [-0.2, 0) is 38.4 Å². The Kier molecular flexibility index (Phi) is 15.0. The van der Waals surface area contributed by atoms with E-state index in [0.29, 0.717) is 6.42 Å². The van der Waals surface area contributed by atoms with Crippen LogP contribution in [0.3, 0.4) is 0 Å². The van der Waals surface area contributed by atoms with Gasteiger partial charge in [-0.1, -0.05) is 56.7 Å². The number of benzene rings is 1. The van der Waals surface area contributed by atoms with Crippen molar-refractivity contribution in [2.24, 2.45) is 11.8 Å². The minimum atomic E-state index is -0.990. The summed E-state index contributed by atoms with van der Waals surface area (Å²) in [5, 5.41) is 16.7. The summed E-state index contributed by atoms with van der Waals surface area (Å²) in [5.74, 6) is -3.24. The predicted octanol–water partition coefficient (Wildman–Crippen LogP) is 3.88. The molecular formula is C33H47B2N3O7. The van der Waals surface area contributed by atoms with Crippen molar-refractivity contribution in [3.63, 3.8) is 0 Å². The first-order valence-corrected chi connectivity index (χ1v) is 16.5. The van der Waals surface area contributed by atoms with Gasteiger partial charge in [0.25, 0.3) is 0 Å². The monoisotopic (exact) mass is 619 g/mol. The molecule has 4 N–H and O–H groups in total. The van der Waals surface area contributed by atoms with E-state index >= 15 is 0 Å². The van der Waals surface area contributed by atoms with Crippen LogP contribution in [0.1, 0.15) is 101 Å². The van der Waals surface area contributed by atoms with Crippen molar-refractivity contribution in [2.75, 3.05) is 6.61 Å². The molecule has 0 heterocycles. The van der Waals surface area contributed by atoms with Crippen LogP contribution in [0.2, 0.25) is 0 Å². The zero-order valence-electron chi connectivity index (χ0n) is 26.5. The lowest BCUT2D eigenvalue weighted by molar-refractivity contribution is -0.147. The van der Waals surface area contributed by atoms with E-state index in [9.17, 15) is 24.0 Å². The number of carboxylic acids is 1. The number of amides is 3. The number of fused-ring (bicyclic) bond motifs is 1. The number of aliphatic carboxylic acids is 1. The van der Waals surface area contributed by atoms with E-state index in [0.717, 1.165) is 89.0 Å². The van der Waals surface area contributed by atoms with E-state index < -0.39 is 41.7 Å². The molecule has 1 aromatic carbocycles. The van der Waals surface area contributed by atoms with Gasteiger partial charge in [0.1, 0.15) is 18.1 Å². The van der Waals surface area contributed by atoms with Crippen LogP contribution >= 0.6 is 0 Å². The first-order chi connectivity index (χ1) is 21.6. The zero-order valence-corrected chi connectivity index (χ0v) is 26.5. The highest BCUT2D eigenvalue weighted by Gasteiger charge is 2.34. The van der Waals surface area contributed by atoms with Gasteiger partial charge < -0.3 is 25.8 Å². The smallest absolute Gasteiger partial charge is 0.328 e. The van der Waals surface area contributed by atoms with E-state index in [-0.39, 0.29) is 24.3 Å². The minimum Gasteiger partial charge on any atom is -0.480 e. The van der Waals surface area contributed by atoms with Crippen molar-refractivity contribution in [2.45, 2.75) is 121 Å². The van der Waals surface area contributed by atoms with Gasteiger partial charge >= 0.3 is 11.9 Å². The van der Waals surface area contributed by atoms with Crippen molar-refractivity contribution in [1.82, 2.24) is 16.0 Å². The number of rotatable bonds is 11. The van der Waals surface area contributed by atoms with Gasteiger partial charge in [-0.05, 0) is 86.8 Å². The van der Waals surface area contributed by atoms with Crippen LogP contribution in [0.25, 0.3) is 0 Å². The molecule has 0 spiro atoms. The van der Waals surface area contributed by atoms with Gasteiger partial charge in [-0.15, -0.1) is 0 Å². The number of carboxylic acid groups (broad SMARTS) is 1. The second-order valence-electron chi connectivity index (χ2n) is 12.4. The number of ether oxygens (including phenoxy) is 1. The predicted molar refractivity (Wildman–Crippen MR) is 172 cm³/mol. The summed E-state index contributed by atoms with van der Waals surface area (Å²) in [6.45, 7) is 1.99. The van der Waals surface area contributed by atoms with Gasteiger partial charge in [0.05, 0.1) is 6.61 Å². The van der Waals surface area contributed by atoms with Crippen LogP contribution in [0.5, 0.6) is 0 Å². The SMILES string of the molecule is [B]C(=O)N[C@H](C(=O)N[C@@H](Cc1cccc2c1CCCC2)C(=O)OCC)C1CCCCC1.[B]C(=O)N[C@H](C(=O)O)C1CCCCC1. The normalized spacial score (nSPS) is 18.9. The molecule has 12 heteroatoms. The first kappa shape index (κ1) is 36.2. The molecule has 0 unspecified atom stereocenters. The minimum absolute atomic E-state index is 0.0218. The molecule has 10 nitrogen and oxygen atoms in total. The van der Waals surface area contributed by atoms with Gasteiger partial charge in [0.2, 0.25) is 21.6 Å². The van der Waals surface area contributed by atoms with E-state index in [1.54, 1.807) is 6.92 Å². The highest BCUT2D eigenvalue weighted by molar-refractivity contribution is 6.57. The van der Waals surface area contributed by atoms with Crippen LogP contribution in [0, 0.1) is 11.8 Å². The average Bonchev–Trinajstić information content (AvgIpc) is 3.03. The largest absolute Gasteiger partial charge is 0.480 e. The summed E-state index contributed by atoms with van der Waals surface area (Å²) in [6, 6.07) is 3.84. The zero-order chi connectivity index (χ0) is 32.8. The number of hydrogen-bond acceptors (Lipinski definition) is 6. The molecule has 2 fully saturated rings. The van der Waals surface area contributed by atoms with Crippen molar-refractivity contribution >= 4 is 45.2 Å². The number of hydrogen-bond donors (Lipinski definition) is 4. The second-order valence-corrected chi connectivity index (χ2v) is 12.4. The maximum Gasteiger partial charge on any atom is 0.328 e. The summed E-state index contributed by atoms with van der Waals surface area (Å²) < 4.78 is 5.26. The Hall–Kier alpha value is -3.30. The number of carbonyl (C=O) groups excluding carboxylic acids is 4. The van der Waals surface area contributed by atoms with Crippen molar-refractivity contribution in [3.8, 4) is 0 Å². The standard InChI is InChI=1S/C24H33BN2O4.C9H14BNO3/c1-2-31-23(29)20(15-18-13-8-12-16-9-6-7-14-19(16)18)26-22(28)21(27-24(25)30)17-10-4-3-5-11-17;10-9(14)11-7(8(12)13)6-4-2-1-3-5-6/h8,12-13,17,20-21H,2-7,9-11,14-15H2,1H3,(H,26,28)(H,27,30);6-7H,1-5H2,(H,11,14)(H,12,13)/t20-,21-;7-/m00/s1. The molecule has 3 atom stereocenters. The first-order valence-electron chi connectivity index (χ1n) is 16.5. The Labute approximate surface area is 269 Å². The quantitative estimate of drug-likeness (QED) is 0.217. The third-order valence-corrected chi connectivity index (χ3v) is 9.19. The fourth-order valence-electron chi connectivity index (χ4n) is 6.99. The summed E-state index contributed by atoms with van der Waals surface area (Å²) in [4.78, 5) is 58.9. The number of esters is 1. The topological polar surface area (TPSA) is 151 Å². The number of carbonyl (C=O) groups is 5. The molecule has 3 aliphatic rings. The fourth-order valence-corrected chi connectivity index (χ4v) is 6.99. The van der Waals surface area contributed by atoms with Crippen molar-refractivity contribution in [3.05, 3.63) is 34.9 Å². The Bertz CT molecular complexity index is 1170. The average molecular weight is 619 g/mol. The van der Waals surface area contributed by atoms with Crippen LogP contribution in [-0.4, -0.2) is 75.0 Å². The fraction of sp³-hybridized carbons (Fsp3) is 0.667. The summed E-state index contributed by atoms with van der Waals surface area (Å²) in [5.41, 5.74) is 3.69. The maximum atomic E-state index is 13.2. The highest BCUT2D eigenvalue weighted by atomic mass is 16.5. The van der Waals surface area contributed by atoms with Crippen molar-refractivity contribution in [1.29, 1.82) is 0 Å². The highest BCUT2D eigenvalue weighted by Crippen LogP contribution is 2.28. The van der Waals surface area contributed by atoms with E-state index in [1.165, 1.54) is 17.5 Å². The molecule has 3 aliphatic carbocycles. The van der Waals surface area contributed by atoms with E-state index in [2.05, 4.69) is 22.0 Å². The molecule has 4 radical (unpaired) electrons. The molecule has 0 aliphatic heterocycles. The number of nitrogens with one attached hydrogen (secondary N) is 3. The second kappa shape index (κ2) is 18.6. The van der Waals surface area contributed by atoms with Crippen molar-refractivity contribution < 1.29 is 33.8 Å². The molecule has 4 rings (SSSR count). The molecule has 0 saturated heterocycles. The van der Waals surface area contributed by atoms with Crippen LogP contribution in [0.15, 0.2) is 18.2 Å². The Morgan fingerprint density at radius 2 is 1.36 bits per heavy atom. The molecule has 1 aromatic rings. The van der Waals surface area contributed by atoms with Gasteiger partial charge in [0.15, 0.2) is 11.6 Å². The maximum absolute atomic E-state index is 13.2. The van der Waals surface area contributed by atoms with Gasteiger partial charge in [-0.25, -0.2) is 9.59 Å². The molecular weight excluding hydrogens is 572 g/mol. The van der Waals surface area contributed by atoms with Gasteiger partial charge in [-0.3, -0.25) is 14.4 Å². The Morgan fingerprint density at radius 3 is 1.91 bits per heavy atom. The lowest BCUT2D eigenvalue weighted by Crippen LogP contribution is -2.55. The third-order valence-electron chi connectivity index (χ3n) is 9.19. The number of aryl methyl sites for hydroxylation is 1. The lowest BCUT2D eigenvalue weighted by atomic mass is 9.82. The third kappa shape index (κ3) is 11.5. The van der Waals surface area contributed by atoms with E-state index in [4.69, 9.17) is 25.5 Å². The summed E-state index contributed by atoms with van der Waals surface area (Å²) in [7, 11) is 10.3. The Morgan fingerprint density at radius 1 is 0.800 bits per heavy atom. The molecule has 0 bridgehead atoms. The lowest BCUT2D eigenvalue weighted by Gasteiger charge is -2.31. The van der Waals surface area contributed by atoms with Crippen LogP contribution in [0.4, 0.5) is 9.59 Å². The van der Waals surface area contributed by atoms with E-state index in [1.807, 2.05) is 12.1 Å². The molecule has 3 amide bonds. The molecule has 45 heavy (non-hydrogen) atoms. The molecule has 2 saturated carbocycles.